The first-order valence-electron chi connectivity index (χ1n) is 9.77. The SMILES string of the molecule is COc1ccc(Cl)c(Nc2nc3ccccc3nc2NS(=O)(=O)c2cccc(C=O)c2C)c1. The molecule has 8 nitrogen and oxygen atoms in total. The summed E-state index contributed by atoms with van der Waals surface area (Å²) in [7, 11) is -2.57. The average molecular weight is 483 g/mol. The van der Waals surface area contributed by atoms with Crippen molar-refractivity contribution in [3.8, 4) is 5.75 Å². The van der Waals surface area contributed by atoms with Crippen LogP contribution in [-0.4, -0.2) is 31.8 Å². The van der Waals surface area contributed by atoms with Crippen LogP contribution in [0.2, 0.25) is 5.02 Å². The highest BCUT2D eigenvalue weighted by molar-refractivity contribution is 7.92. The van der Waals surface area contributed by atoms with Crippen LogP contribution in [0, 0.1) is 6.92 Å². The number of ether oxygens (including phenoxy) is 1. The largest absolute Gasteiger partial charge is 0.497 e. The lowest BCUT2D eigenvalue weighted by atomic mass is 10.1. The van der Waals surface area contributed by atoms with Crippen LogP contribution < -0.4 is 14.8 Å². The number of sulfonamides is 1. The summed E-state index contributed by atoms with van der Waals surface area (Å²) in [6, 6.07) is 16.6. The third-order valence-electron chi connectivity index (χ3n) is 4.97. The molecule has 2 N–H and O–H groups in total. The number of benzene rings is 3. The van der Waals surface area contributed by atoms with Crippen LogP contribution in [0.3, 0.4) is 0 Å². The first kappa shape index (κ1) is 22.5. The number of anilines is 3. The number of para-hydroxylation sites is 2. The van der Waals surface area contributed by atoms with E-state index in [9.17, 15) is 13.2 Å². The van der Waals surface area contributed by atoms with Crippen molar-refractivity contribution >= 4 is 56.3 Å². The van der Waals surface area contributed by atoms with Gasteiger partial charge in [0.15, 0.2) is 11.6 Å². The van der Waals surface area contributed by atoms with Crippen LogP contribution in [0.4, 0.5) is 17.3 Å². The molecule has 0 unspecified atom stereocenters. The summed E-state index contributed by atoms with van der Waals surface area (Å²) in [5.74, 6) is 0.680. The highest BCUT2D eigenvalue weighted by atomic mass is 35.5. The van der Waals surface area contributed by atoms with E-state index >= 15 is 0 Å². The maximum absolute atomic E-state index is 13.2. The van der Waals surface area contributed by atoms with Gasteiger partial charge in [0.25, 0.3) is 10.0 Å². The molecule has 0 aliphatic rings. The van der Waals surface area contributed by atoms with Crippen molar-refractivity contribution in [3.05, 3.63) is 76.8 Å². The molecule has 0 radical (unpaired) electrons. The molecule has 0 atom stereocenters. The number of nitrogens with zero attached hydrogens (tertiary/aromatic N) is 2. The number of nitrogens with one attached hydrogen (secondary N) is 2. The molecule has 4 aromatic rings. The topological polar surface area (TPSA) is 110 Å². The fraction of sp³-hybridized carbons (Fsp3) is 0.0870. The van der Waals surface area contributed by atoms with Crippen molar-refractivity contribution in [1.82, 2.24) is 9.97 Å². The lowest BCUT2D eigenvalue weighted by molar-refractivity contribution is 0.112. The van der Waals surface area contributed by atoms with Crippen LogP contribution in [0.1, 0.15) is 15.9 Å². The standard InChI is InChI=1S/C23H19ClN4O4S/c1-14-15(13-29)6-5-9-21(14)33(30,31)28-23-22(25-18-7-3-4-8-19(18)26-23)27-20-12-16(32-2)10-11-17(20)24/h3-13H,1-2H3,(H,25,27)(H,26,28). The quantitative estimate of drug-likeness (QED) is 0.358. The number of rotatable bonds is 7. The minimum Gasteiger partial charge on any atom is -0.497 e. The highest BCUT2D eigenvalue weighted by Crippen LogP contribution is 2.33. The molecule has 1 aromatic heterocycles. The van der Waals surface area contributed by atoms with E-state index in [4.69, 9.17) is 16.3 Å². The molecular formula is C23H19ClN4O4S. The third kappa shape index (κ3) is 4.59. The van der Waals surface area contributed by atoms with E-state index in [0.29, 0.717) is 39.3 Å². The number of carbonyl (C=O) groups excluding carboxylic acids is 1. The van der Waals surface area contributed by atoms with Crippen molar-refractivity contribution in [1.29, 1.82) is 0 Å². The molecular weight excluding hydrogens is 464 g/mol. The van der Waals surface area contributed by atoms with Gasteiger partial charge in [0.05, 0.1) is 33.7 Å². The van der Waals surface area contributed by atoms with Gasteiger partial charge in [-0.3, -0.25) is 9.52 Å². The molecule has 0 amide bonds. The number of halogens is 1. The van der Waals surface area contributed by atoms with Crippen LogP contribution in [-0.2, 0) is 10.0 Å². The Labute approximate surface area is 195 Å². The Kier molecular flexibility index (Phi) is 6.17. The molecule has 0 bridgehead atoms. The summed E-state index contributed by atoms with van der Waals surface area (Å²) >= 11 is 6.32. The van der Waals surface area contributed by atoms with Crippen LogP contribution in [0.15, 0.2) is 65.6 Å². The summed E-state index contributed by atoms with van der Waals surface area (Å²) < 4.78 is 34.2. The van der Waals surface area contributed by atoms with Gasteiger partial charge in [0.2, 0.25) is 0 Å². The average Bonchev–Trinajstić information content (AvgIpc) is 2.80. The second-order valence-electron chi connectivity index (χ2n) is 7.07. The first-order valence-corrected chi connectivity index (χ1v) is 11.6. The Balaban J connectivity index is 1.82. The lowest BCUT2D eigenvalue weighted by Gasteiger charge is -2.16. The van der Waals surface area contributed by atoms with Crippen LogP contribution >= 0.6 is 11.6 Å². The number of hydrogen-bond donors (Lipinski definition) is 2. The Bertz CT molecular complexity index is 1480. The van der Waals surface area contributed by atoms with Crippen molar-refractivity contribution in [2.24, 2.45) is 0 Å². The van der Waals surface area contributed by atoms with Gasteiger partial charge >= 0.3 is 0 Å². The predicted molar refractivity (Wildman–Crippen MR) is 128 cm³/mol. The first-order chi connectivity index (χ1) is 15.8. The highest BCUT2D eigenvalue weighted by Gasteiger charge is 2.22. The van der Waals surface area contributed by atoms with Gasteiger partial charge in [-0.05, 0) is 42.8 Å². The number of aldehydes is 1. The minimum atomic E-state index is -4.09. The van der Waals surface area contributed by atoms with Crippen LogP contribution in [0.25, 0.3) is 11.0 Å². The van der Waals surface area contributed by atoms with Gasteiger partial charge in [-0.15, -0.1) is 0 Å². The minimum absolute atomic E-state index is 0.0245. The van der Waals surface area contributed by atoms with Crippen molar-refractivity contribution in [2.75, 3.05) is 17.1 Å². The number of carbonyl (C=O) groups is 1. The van der Waals surface area contributed by atoms with Gasteiger partial charge in [-0.2, -0.15) is 0 Å². The van der Waals surface area contributed by atoms with Crippen LogP contribution in [0.5, 0.6) is 5.75 Å². The summed E-state index contributed by atoms with van der Waals surface area (Å²) in [5, 5.41) is 3.43. The van der Waals surface area contributed by atoms with Crippen molar-refractivity contribution < 1.29 is 17.9 Å². The zero-order chi connectivity index (χ0) is 23.6. The molecule has 168 valence electrons. The van der Waals surface area contributed by atoms with E-state index in [1.165, 1.54) is 19.2 Å². The van der Waals surface area contributed by atoms with E-state index in [-0.39, 0.29) is 22.1 Å². The van der Waals surface area contributed by atoms with E-state index in [1.54, 1.807) is 55.5 Å². The van der Waals surface area contributed by atoms with Gasteiger partial charge in [0.1, 0.15) is 12.0 Å². The van der Waals surface area contributed by atoms with E-state index < -0.39 is 10.0 Å². The molecule has 33 heavy (non-hydrogen) atoms. The molecule has 0 saturated heterocycles. The number of hydrogen-bond acceptors (Lipinski definition) is 7. The Morgan fingerprint density at radius 1 is 0.970 bits per heavy atom. The predicted octanol–water partition coefficient (Wildman–Crippen LogP) is 4.96. The second-order valence-corrected chi connectivity index (χ2v) is 9.13. The lowest BCUT2D eigenvalue weighted by Crippen LogP contribution is -2.17. The molecule has 4 rings (SSSR count). The third-order valence-corrected chi connectivity index (χ3v) is 6.78. The summed E-state index contributed by atoms with van der Waals surface area (Å²) in [4.78, 5) is 20.3. The van der Waals surface area contributed by atoms with E-state index in [1.807, 2.05) is 0 Å². The van der Waals surface area contributed by atoms with E-state index in [2.05, 4.69) is 20.0 Å². The smallest absolute Gasteiger partial charge is 0.263 e. The number of methoxy groups -OCH3 is 1. The molecule has 0 aliphatic heterocycles. The molecule has 1 heterocycles. The maximum Gasteiger partial charge on any atom is 0.263 e. The number of fused-ring (bicyclic) bond motifs is 1. The number of aromatic nitrogens is 2. The van der Waals surface area contributed by atoms with Gasteiger partial charge in [0, 0.05) is 11.6 Å². The fourth-order valence-corrected chi connectivity index (χ4v) is 4.70. The normalized spacial score (nSPS) is 11.2. The zero-order valence-corrected chi connectivity index (χ0v) is 19.2. The van der Waals surface area contributed by atoms with Gasteiger partial charge in [-0.1, -0.05) is 35.9 Å². The second kappa shape index (κ2) is 9.05. The molecule has 0 spiro atoms. The molecule has 0 aliphatic carbocycles. The molecule has 3 aromatic carbocycles. The summed E-state index contributed by atoms with van der Waals surface area (Å²) in [5.41, 5.74) is 2.13. The van der Waals surface area contributed by atoms with Crippen molar-refractivity contribution in [3.63, 3.8) is 0 Å². The Hall–Kier alpha value is -3.69. The van der Waals surface area contributed by atoms with Gasteiger partial charge in [-0.25, -0.2) is 18.4 Å². The summed E-state index contributed by atoms with van der Waals surface area (Å²) in [6.07, 6.45) is 0.613. The zero-order valence-electron chi connectivity index (χ0n) is 17.7. The van der Waals surface area contributed by atoms with Gasteiger partial charge < -0.3 is 10.1 Å². The van der Waals surface area contributed by atoms with Crippen molar-refractivity contribution in [2.45, 2.75) is 11.8 Å². The molecule has 0 saturated carbocycles. The maximum atomic E-state index is 13.2. The molecule has 0 fully saturated rings. The Morgan fingerprint density at radius 3 is 2.33 bits per heavy atom. The van der Waals surface area contributed by atoms with E-state index in [0.717, 1.165) is 0 Å². The fourth-order valence-electron chi connectivity index (χ4n) is 3.25. The summed E-state index contributed by atoms with van der Waals surface area (Å²) in [6.45, 7) is 1.57. The Morgan fingerprint density at radius 2 is 1.67 bits per heavy atom. The molecule has 10 heteroatoms. The monoisotopic (exact) mass is 482 g/mol.